The van der Waals surface area contributed by atoms with Crippen molar-refractivity contribution in [2.75, 3.05) is 6.54 Å². The first-order valence-corrected chi connectivity index (χ1v) is 8.31. The highest BCUT2D eigenvalue weighted by Gasteiger charge is 2.22. The third-order valence-electron chi connectivity index (χ3n) is 4.20. The first-order valence-electron chi connectivity index (χ1n) is 8.31. The minimum Gasteiger partial charge on any atom is -0.338 e. The lowest BCUT2D eigenvalue weighted by atomic mass is 9.84. The first kappa shape index (κ1) is 17.6. The third-order valence-corrected chi connectivity index (χ3v) is 4.20. The Hall–Kier alpha value is -3.22. The predicted octanol–water partition coefficient (Wildman–Crippen LogP) is 2.75. The predicted molar refractivity (Wildman–Crippen MR) is 99.6 cm³/mol. The summed E-state index contributed by atoms with van der Waals surface area (Å²) in [5.74, 6) is 0.402. The van der Waals surface area contributed by atoms with Crippen LogP contribution in [0.5, 0.6) is 0 Å². The molecule has 0 radical (unpaired) electrons. The summed E-state index contributed by atoms with van der Waals surface area (Å²) in [7, 11) is 0. The second-order valence-corrected chi connectivity index (χ2v) is 6.80. The smallest absolute Gasteiger partial charge is 0.321 e. The van der Waals surface area contributed by atoms with Gasteiger partial charge in [-0.1, -0.05) is 19.9 Å². The van der Waals surface area contributed by atoms with Gasteiger partial charge >= 0.3 is 6.03 Å². The van der Waals surface area contributed by atoms with Gasteiger partial charge in [-0.15, -0.1) is 0 Å². The molecule has 3 N–H and O–H groups in total. The van der Waals surface area contributed by atoms with Gasteiger partial charge in [0.25, 0.3) is 0 Å². The number of benzene rings is 1. The molecule has 0 spiro atoms. The van der Waals surface area contributed by atoms with E-state index >= 15 is 0 Å². The van der Waals surface area contributed by atoms with Crippen LogP contribution in [0.3, 0.4) is 0 Å². The Labute approximate surface area is 151 Å². The molecule has 7 heteroatoms. The Morgan fingerprint density at radius 1 is 1.15 bits per heavy atom. The summed E-state index contributed by atoms with van der Waals surface area (Å²) in [6.45, 7) is 5.75. The Kier molecular flexibility index (Phi) is 4.71. The van der Waals surface area contributed by atoms with E-state index in [4.69, 9.17) is 0 Å². The summed E-state index contributed by atoms with van der Waals surface area (Å²) in [6.07, 6.45) is 3.46. The number of nitrogens with one attached hydrogen (secondary N) is 3. The molecule has 0 unspecified atom stereocenters. The molecule has 3 amide bonds. The number of urea groups is 1. The highest BCUT2D eigenvalue weighted by molar-refractivity contribution is 5.93. The highest BCUT2D eigenvalue weighted by atomic mass is 16.2. The van der Waals surface area contributed by atoms with Crippen LogP contribution in [0.4, 0.5) is 4.79 Å². The summed E-state index contributed by atoms with van der Waals surface area (Å²) in [4.78, 5) is 34.5. The average Bonchev–Trinajstić information content (AvgIpc) is 3.03. The standard InChI is InChI=1S/C19H21N5O2/c1-12(25)22-18(26)21-11-19(2,3)14-4-5-15-16(10-14)24-17(23-15)13-6-8-20-9-7-13/h4-10H,11H2,1-3H3,(H,23,24)(H2,21,22,25,26). The van der Waals surface area contributed by atoms with Crippen molar-refractivity contribution >= 4 is 23.0 Å². The number of imide groups is 1. The lowest BCUT2D eigenvalue weighted by Crippen LogP contribution is -2.43. The summed E-state index contributed by atoms with van der Waals surface area (Å²) >= 11 is 0. The number of rotatable bonds is 4. The van der Waals surface area contributed by atoms with Crippen LogP contribution >= 0.6 is 0 Å². The zero-order valence-corrected chi connectivity index (χ0v) is 15.0. The number of H-pyrrole nitrogens is 1. The Morgan fingerprint density at radius 2 is 1.88 bits per heavy atom. The number of hydrogen-bond acceptors (Lipinski definition) is 4. The molecular formula is C19H21N5O2. The Morgan fingerprint density at radius 3 is 2.58 bits per heavy atom. The molecule has 2 aromatic heterocycles. The largest absolute Gasteiger partial charge is 0.338 e. The lowest BCUT2D eigenvalue weighted by molar-refractivity contribution is -0.117. The summed E-state index contributed by atoms with van der Waals surface area (Å²) in [5, 5.41) is 4.94. The van der Waals surface area contributed by atoms with E-state index in [0.717, 1.165) is 28.0 Å². The van der Waals surface area contributed by atoms with Gasteiger partial charge in [0.05, 0.1) is 11.0 Å². The van der Waals surface area contributed by atoms with E-state index < -0.39 is 6.03 Å². The van der Waals surface area contributed by atoms with E-state index in [9.17, 15) is 9.59 Å². The van der Waals surface area contributed by atoms with Crippen molar-refractivity contribution in [3.8, 4) is 11.4 Å². The lowest BCUT2D eigenvalue weighted by Gasteiger charge is -2.25. The number of nitrogens with zero attached hydrogens (tertiary/aromatic N) is 2. The van der Waals surface area contributed by atoms with E-state index in [-0.39, 0.29) is 11.3 Å². The number of carbonyl (C=O) groups excluding carboxylic acids is 2. The van der Waals surface area contributed by atoms with Crippen molar-refractivity contribution in [3.63, 3.8) is 0 Å². The monoisotopic (exact) mass is 351 g/mol. The third kappa shape index (κ3) is 3.88. The van der Waals surface area contributed by atoms with E-state index in [0.29, 0.717) is 6.54 Å². The number of hydrogen-bond donors (Lipinski definition) is 3. The van der Waals surface area contributed by atoms with Crippen LogP contribution < -0.4 is 10.6 Å². The fourth-order valence-corrected chi connectivity index (χ4v) is 2.68. The second-order valence-electron chi connectivity index (χ2n) is 6.80. The van der Waals surface area contributed by atoms with E-state index in [2.05, 4.69) is 25.6 Å². The summed E-state index contributed by atoms with van der Waals surface area (Å²) < 4.78 is 0. The quantitative estimate of drug-likeness (QED) is 0.673. The van der Waals surface area contributed by atoms with Gasteiger partial charge in [-0.25, -0.2) is 9.78 Å². The van der Waals surface area contributed by atoms with Gasteiger partial charge in [0.15, 0.2) is 0 Å². The number of aromatic nitrogens is 3. The van der Waals surface area contributed by atoms with E-state index in [1.54, 1.807) is 12.4 Å². The van der Waals surface area contributed by atoms with Gasteiger partial charge < -0.3 is 10.3 Å². The zero-order chi connectivity index (χ0) is 18.7. The van der Waals surface area contributed by atoms with Gasteiger partial charge in [-0.3, -0.25) is 15.1 Å². The number of aromatic amines is 1. The van der Waals surface area contributed by atoms with Crippen molar-refractivity contribution < 1.29 is 9.59 Å². The number of pyridine rings is 1. The van der Waals surface area contributed by atoms with Crippen LogP contribution in [0, 0.1) is 0 Å². The maximum Gasteiger partial charge on any atom is 0.321 e. The van der Waals surface area contributed by atoms with Crippen LogP contribution in [-0.4, -0.2) is 33.4 Å². The van der Waals surface area contributed by atoms with Crippen molar-refractivity contribution in [3.05, 3.63) is 48.3 Å². The molecule has 0 saturated carbocycles. The Bertz CT molecular complexity index is 947. The molecule has 26 heavy (non-hydrogen) atoms. The maximum atomic E-state index is 11.6. The molecule has 1 aromatic carbocycles. The molecule has 0 fully saturated rings. The molecular weight excluding hydrogens is 330 g/mol. The molecule has 0 atom stereocenters. The van der Waals surface area contributed by atoms with Gasteiger partial charge in [0.2, 0.25) is 5.91 Å². The van der Waals surface area contributed by atoms with Crippen molar-refractivity contribution in [2.45, 2.75) is 26.2 Å². The van der Waals surface area contributed by atoms with E-state index in [1.165, 1.54) is 6.92 Å². The SMILES string of the molecule is CC(=O)NC(=O)NCC(C)(C)c1ccc2nc(-c3ccncc3)[nH]c2c1. The fourth-order valence-electron chi connectivity index (χ4n) is 2.68. The van der Waals surface area contributed by atoms with Crippen LogP contribution in [0.15, 0.2) is 42.7 Å². The molecule has 134 valence electrons. The van der Waals surface area contributed by atoms with Crippen LogP contribution in [0.25, 0.3) is 22.4 Å². The molecule has 2 heterocycles. The Balaban J connectivity index is 1.81. The minimum absolute atomic E-state index is 0.315. The van der Waals surface area contributed by atoms with Crippen molar-refractivity contribution in [2.24, 2.45) is 0 Å². The normalized spacial score (nSPS) is 11.3. The van der Waals surface area contributed by atoms with E-state index in [1.807, 2.05) is 44.2 Å². The molecule has 0 bridgehead atoms. The molecule has 0 saturated heterocycles. The average molecular weight is 351 g/mol. The molecule has 0 aliphatic heterocycles. The second kappa shape index (κ2) is 6.95. The van der Waals surface area contributed by atoms with Gasteiger partial charge in [0.1, 0.15) is 5.82 Å². The number of imidazole rings is 1. The summed E-state index contributed by atoms with van der Waals surface area (Å²) in [5.41, 5.74) is 3.51. The van der Waals surface area contributed by atoms with Gasteiger partial charge in [-0.05, 0) is 29.8 Å². The highest BCUT2D eigenvalue weighted by Crippen LogP contribution is 2.27. The summed E-state index contributed by atoms with van der Waals surface area (Å²) in [6, 6.07) is 9.32. The minimum atomic E-state index is -0.492. The van der Waals surface area contributed by atoms with Crippen LogP contribution in [0.2, 0.25) is 0 Å². The number of carbonyl (C=O) groups is 2. The molecule has 0 aliphatic rings. The maximum absolute atomic E-state index is 11.6. The van der Waals surface area contributed by atoms with Crippen molar-refractivity contribution in [1.82, 2.24) is 25.6 Å². The van der Waals surface area contributed by atoms with Gasteiger partial charge in [-0.2, -0.15) is 0 Å². The molecule has 3 aromatic rings. The van der Waals surface area contributed by atoms with Gasteiger partial charge in [0, 0.05) is 36.8 Å². The fraction of sp³-hybridized carbons (Fsp3) is 0.263. The zero-order valence-electron chi connectivity index (χ0n) is 15.0. The topological polar surface area (TPSA) is 99.8 Å². The molecule has 3 rings (SSSR count). The molecule has 7 nitrogen and oxygen atoms in total. The first-order chi connectivity index (χ1) is 12.3. The van der Waals surface area contributed by atoms with Crippen LogP contribution in [-0.2, 0) is 10.2 Å². The van der Waals surface area contributed by atoms with Crippen molar-refractivity contribution in [1.29, 1.82) is 0 Å². The number of fused-ring (bicyclic) bond motifs is 1. The number of amides is 3. The molecule has 0 aliphatic carbocycles. The van der Waals surface area contributed by atoms with Crippen LogP contribution in [0.1, 0.15) is 26.3 Å².